The van der Waals surface area contributed by atoms with Crippen LogP contribution in [0.4, 0.5) is 0 Å². The Balaban J connectivity index is 2.38. The van der Waals surface area contributed by atoms with Gasteiger partial charge in [-0.05, 0) is 0 Å². The molecule has 0 aliphatic carbocycles. The molecule has 0 atom stereocenters. The molecule has 0 radical (unpaired) electrons. The summed E-state index contributed by atoms with van der Waals surface area (Å²) in [6.07, 6.45) is 0. The minimum atomic E-state index is -3.49. The van der Waals surface area contributed by atoms with E-state index in [9.17, 15) is 0 Å². The van der Waals surface area contributed by atoms with Crippen molar-refractivity contribution in [3.05, 3.63) is 89.5 Å². The molecule has 3 aromatic carbocycles. The van der Waals surface area contributed by atoms with Gasteiger partial charge in [-0.15, -0.1) is 0 Å². The van der Waals surface area contributed by atoms with Crippen LogP contribution in [0, 0.1) is 20.8 Å². The summed E-state index contributed by atoms with van der Waals surface area (Å²) < 4.78 is 4.06. The van der Waals surface area contributed by atoms with Crippen LogP contribution in [0.1, 0.15) is 16.7 Å². The van der Waals surface area contributed by atoms with Crippen LogP contribution in [-0.2, 0) is 19.1 Å². The number of aryl methyl sites for hydroxylation is 3. The first-order valence-electron chi connectivity index (χ1n) is 7.92. The molecule has 0 spiro atoms. The SMILES string of the molecule is Cc1cccc[c]1[Zr]([Cl])([c]1ccccc1C)[c]1ccccc1C. The zero-order valence-corrected chi connectivity index (χ0v) is 17.0. The first kappa shape index (κ1) is 16.7. The van der Waals surface area contributed by atoms with Crippen molar-refractivity contribution in [2.45, 2.75) is 20.8 Å². The molecule has 0 bridgehead atoms. The Morgan fingerprint density at radius 1 is 0.522 bits per heavy atom. The number of rotatable bonds is 3. The second-order valence-corrected chi connectivity index (χ2v) is 16.7. The molecule has 0 amide bonds. The quantitative estimate of drug-likeness (QED) is 0.619. The molecule has 0 saturated carbocycles. The fourth-order valence-electron chi connectivity index (χ4n) is 3.31. The first-order chi connectivity index (χ1) is 11.0. The van der Waals surface area contributed by atoms with Crippen LogP contribution in [0.3, 0.4) is 0 Å². The van der Waals surface area contributed by atoms with Crippen molar-refractivity contribution in [2.75, 3.05) is 0 Å². The van der Waals surface area contributed by atoms with Crippen molar-refractivity contribution in [2.24, 2.45) is 0 Å². The van der Waals surface area contributed by atoms with Crippen molar-refractivity contribution in [3.8, 4) is 0 Å². The van der Waals surface area contributed by atoms with E-state index in [-0.39, 0.29) is 0 Å². The van der Waals surface area contributed by atoms with Gasteiger partial charge in [0.15, 0.2) is 0 Å². The van der Waals surface area contributed by atoms with Gasteiger partial charge in [0.1, 0.15) is 0 Å². The van der Waals surface area contributed by atoms with Gasteiger partial charge in [0.05, 0.1) is 0 Å². The van der Waals surface area contributed by atoms with E-state index >= 15 is 0 Å². The Morgan fingerprint density at radius 3 is 1.04 bits per heavy atom. The summed E-state index contributed by atoms with van der Waals surface area (Å²) in [6.45, 7) is 6.54. The zero-order chi connectivity index (χ0) is 16.4. The van der Waals surface area contributed by atoms with Gasteiger partial charge in [-0.1, -0.05) is 0 Å². The standard InChI is InChI=1S/3C7H7.ClH.Zr/c3*1-7-5-3-2-4-6-7;;/h3*2-5H,1H3;1H;/q;;;;+1/p-1. The van der Waals surface area contributed by atoms with Crippen LogP contribution in [0.2, 0.25) is 0 Å². The molecule has 0 aliphatic heterocycles. The molecule has 0 N–H and O–H groups in total. The van der Waals surface area contributed by atoms with E-state index in [4.69, 9.17) is 8.51 Å². The average Bonchev–Trinajstić information content (AvgIpc) is 2.55. The zero-order valence-electron chi connectivity index (χ0n) is 13.8. The Labute approximate surface area is 147 Å². The average molecular weight is 400 g/mol. The number of halogens is 1. The monoisotopic (exact) mass is 398 g/mol. The summed E-state index contributed by atoms with van der Waals surface area (Å²) in [5.41, 5.74) is 3.89. The number of benzene rings is 3. The van der Waals surface area contributed by atoms with E-state index in [0.717, 1.165) is 0 Å². The summed E-state index contributed by atoms with van der Waals surface area (Å²) in [5, 5.41) is 0. The van der Waals surface area contributed by atoms with Gasteiger partial charge in [-0.25, -0.2) is 0 Å². The minimum absolute atomic E-state index is 1.30. The topological polar surface area (TPSA) is 0 Å². The summed E-state index contributed by atoms with van der Waals surface area (Å²) in [7, 11) is 7.64. The Morgan fingerprint density at radius 2 is 0.783 bits per heavy atom. The molecular formula is C21H21ClZr. The second-order valence-electron chi connectivity index (χ2n) is 6.10. The summed E-state index contributed by atoms with van der Waals surface area (Å²) >= 11 is -3.49. The number of hydrogen-bond donors (Lipinski definition) is 0. The molecule has 0 heterocycles. The van der Waals surface area contributed by atoms with E-state index in [1.165, 1.54) is 26.5 Å². The third-order valence-electron chi connectivity index (χ3n) is 4.55. The maximum absolute atomic E-state index is 7.64. The van der Waals surface area contributed by atoms with Gasteiger partial charge in [-0.3, -0.25) is 0 Å². The molecule has 0 saturated heterocycles. The van der Waals surface area contributed by atoms with Crippen LogP contribution < -0.4 is 9.81 Å². The molecule has 0 unspecified atom stereocenters. The van der Waals surface area contributed by atoms with Crippen LogP contribution in [-0.4, -0.2) is 0 Å². The third kappa shape index (κ3) is 2.98. The van der Waals surface area contributed by atoms with E-state index < -0.39 is 19.1 Å². The molecule has 0 aromatic heterocycles. The van der Waals surface area contributed by atoms with Crippen LogP contribution in [0.5, 0.6) is 0 Å². The van der Waals surface area contributed by atoms with E-state index in [2.05, 4.69) is 93.6 Å². The van der Waals surface area contributed by atoms with E-state index in [1.807, 2.05) is 0 Å². The van der Waals surface area contributed by atoms with Crippen molar-refractivity contribution in [1.82, 2.24) is 0 Å². The third-order valence-corrected chi connectivity index (χ3v) is 17.8. The van der Waals surface area contributed by atoms with Crippen LogP contribution >= 0.6 is 8.51 Å². The normalized spacial score (nSPS) is 11.5. The Bertz CT molecular complexity index is 728. The molecule has 3 aromatic rings. The van der Waals surface area contributed by atoms with Crippen molar-refractivity contribution < 1.29 is 19.1 Å². The van der Waals surface area contributed by atoms with Crippen LogP contribution in [0.15, 0.2) is 72.8 Å². The van der Waals surface area contributed by atoms with E-state index in [0.29, 0.717) is 0 Å². The number of hydrogen-bond acceptors (Lipinski definition) is 0. The van der Waals surface area contributed by atoms with Crippen molar-refractivity contribution in [1.29, 1.82) is 0 Å². The predicted octanol–water partition coefficient (Wildman–Crippen LogP) is 4.20. The molecule has 0 nitrogen and oxygen atoms in total. The Hall–Kier alpha value is -1.17. The summed E-state index contributed by atoms with van der Waals surface area (Å²) in [5.74, 6) is 0. The molecule has 2 heteroatoms. The molecule has 0 fully saturated rings. The van der Waals surface area contributed by atoms with Gasteiger partial charge >= 0.3 is 148 Å². The first-order valence-corrected chi connectivity index (χ1v) is 14.8. The molecular weight excluding hydrogens is 379 g/mol. The maximum atomic E-state index is 7.64. The molecule has 3 rings (SSSR count). The van der Waals surface area contributed by atoms with Gasteiger partial charge in [-0.2, -0.15) is 0 Å². The summed E-state index contributed by atoms with van der Waals surface area (Å²) in [6, 6.07) is 25.9. The van der Waals surface area contributed by atoms with Gasteiger partial charge in [0.2, 0.25) is 0 Å². The summed E-state index contributed by atoms with van der Waals surface area (Å²) in [4.78, 5) is 0. The molecule has 0 aliphatic rings. The fourth-order valence-corrected chi connectivity index (χ4v) is 16.2. The van der Waals surface area contributed by atoms with Gasteiger partial charge in [0, 0.05) is 0 Å². The predicted molar refractivity (Wildman–Crippen MR) is 98.3 cm³/mol. The van der Waals surface area contributed by atoms with Crippen molar-refractivity contribution in [3.63, 3.8) is 0 Å². The fraction of sp³-hybridized carbons (Fsp3) is 0.143. The van der Waals surface area contributed by atoms with Crippen LogP contribution in [0.25, 0.3) is 0 Å². The van der Waals surface area contributed by atoms with Gasteiger partial charge in [0.25, 0.3) is 0 Å². The van der Waals surface area contributed by atoms with E-state index in [1.54, 1.807) is 0 Å². The molecule has 116 valence electrons. The Kier molecular flexibility index (Phi) is 4.90. The second kappa shape index (κ2) is 6.75. The van der Waals surface area contributed by atoms with Gasteiger partial charge < -0.3 is 0 Å². The van der Waals surface area contributed by atoms with Crippen molar-refractivity contribution >= 4 is 18.3 Å². The molecule has 23 heavy (non-hydrogen) atoms.